The fourth-order valence-corrected chi connectivity index (χ4v) is 3.30. The molecular formula is C13H17NO4. The second-order valence-electron chi connectivity index (χ2n) is 5.28. The molecule has 1 spiro atoms. The minimum Gasteiger partial charge on any atom is -0.440 e. The highest BCUT2D eigenvalue weighted by molar-refractivity contribution is 5.92. The molecule has 2 aliphatic heterocycles. The van der Waals surface area contributed by atoms with Crippen molar-refractivity contribution in [2.24, 2.45) is 0 Å². The lowest BCUT2D eigenvalue weighted by atomic mass is 9.80. The first kappa shape index (κ1) is 11.7. The minimum atomic E-state index is -0.483. The van der Waals surface area contributed by atoms with E-state index in [1.165, 1.54) is 6.42 Å². The van der Waals surface area contributed by atoms with Crippen LogP contribution in [-0.4, -0.2) is 28.8 Å². The average molecular weight is 251 g/mol. The van der Waals surface area contributed by atoms with Crippen molar-refractivity contribution in [3.63, 3.8) is 0 Å². The van der Waals surface area contributed by atoms with E-state index in [1.54, 1.807) is 5.06 Å². The van der Waals surface area contributed by atoms with Gasteiger partial charge in [-0.2, -0.15) is 0 Å². The molecule has 98 valence electrons. The molecule has 0 N–H and O–H groups in total. The number of hydroxylamine groups is 2. The number of hydrogen-bond donors (Lipinski definition) is 0. The summed E-state index contributed by atoms with van der Waals surface area (Å²) in [6.45, 7) is 0. The molecule has 0 aromatic rings. The van der Waals surface area contributed by atoms with Gasteiger partial charge in [-0.3, -0.25) is 0 Å². The van der Waals surface area contributed by atoms with Gasteiger partial charge in [0.15, 0.2) is 6.23 Å². The lowest BCUT2D eigenvalue weighted by molar-refractivity contribution is -0.260. The molecule has 2 heterocycles. The standard InChI is InChI=1S/C13H17NO4/c15-11-4-5-12(16)18-14-10(17-11)6-9-13(14)7-2-1-3-8-13/h4-5,10H,1-3,6-9H2/b5-4+. The summed E-state index contributed by atoms with van der Waals surface area (Å²) in [6.07, 6.45) is 9.06. The Balaban J connectivity index is 1.87. The quantitative estimate of drug-likeness (QED) is 0.613. The van der Waals surface area contributed by atoms with Crippen LogP contribution in [-0.2, 0) is 19.2 Å². The molecule has 3 rings (SSSR count). The van der Waals surface area contributed by atoms with Crippen molar-refractivity contribution >= 4 is 11.9 Å². The molecule has 1 aliphatic carbocycles. The van der Waals surface area contributed by atoms with Crippen molar-refractivity contribution in [2.45, 2.75) is 56.7 Å². The highest BCUT2D eigenvalue weighted by atomic mass is 16.7. The molecule has 5 heteroatoms. The van der Waals surface area contributed by atoms with Crippen molar-refractivity contribution in [1.29, 1.82) is 0 Å². The summed E-state index contributed by atoms with van der Waals surface area (Å²) < 4.78 is 5.31. The maximum Gasteiger partial charge on any atom is 0.350 e. The lowest BCUT2D eigenvalue weighted by Gasteiger charge is -2.41. The van der Waals surface area contributed by atoms with Gasteiger partial charge in [-0.05, 0) is 19.3 Å². The monoisotopic (exact) mass is 251 g/mol. The lowest BCUT2D eigenvalue weighted by Crippen LogP contribution is -2.50. The molecule has 2 fully saturated rings. The fourth-order valence-electron chi connectivity index (χ4n) is 3.30. The number of hydrogen-bond acceptors (Lipinski definition) is 5. The molecule has 1 atom stereocenters. The molecule has 0 radical (unpaired) electrons. The third-order valence-corrected chi connectivity index (χ3v) is 4.17. The fraction of sp³-hybridized carbons (Fsp3) is 0.692. The van der Waals surface area contributed by atoms with Crippen molar-refractivity contribution in [3.8, 4) is 0 Å². The zero-order chi connectivity index (χ0) is 12.6. The topological polar surface area (TPSA) is 55.8 Å². The number of ether oxygens (including phenoxy) is 1. The van der Waals surface area contributed by atoms with E-state index < -0.39 is 18.2 Å². The van der Waals surface area contributed by atoms with Crippen molar-refractivity contribution in [2.75, 3.05) is 0 Å². The highest BCUT2D eigenvalue weighted by Gasteiger charge is 2.51. The van der Waals surface area contributed by atoms with Gasteiger partial charge in [-0.1, -0.05) is 24.3 Å². The van der Waals surface area contributed by atoms with Gasteiger partial charge in [-0.15, -0.1) is 0 Å². The normalized spacial score (nSPS) is 33.2. The third kappa shape index (κ3) is 1.92. The number of rotatable bonds is 0. The van der Waals surface area contributed by atoms with Gasteiger partial charge in [0, 0.05) is 18.6 Å². The van der Waals surface area contributed by atoms with Crippen LogP contribution in [0.5, 0.6) is 0 Å². The summed E-state index contributed by atoms with van der Waals surface area (Å²) in [5, 5.41) is 1.66. The summed E-state index contributed by atoms with van der Waals surface area (Å²) in [6, 6.07) is 0. The number of esters is 1. The summed E-state index contributed by atoms with van der Waals surface area (Å²) >= 11 is 0. The summed E-state index contributed by atoms with van der Waals surface area (Å²) in [5.74, 6) is -0.946. The van der Waals surface area contributed by atoms with Gasteiger partial charge in [0.1, 0.15) is 0 Å². The second-order valence-corrected chi connectivity index (χ2v) is 5.28. The Morgan fingerprint density at radius 1 is 1.06 bits per heavy atom. The zero-order valence-electron chi connectivity index (χ0n) is 10.3. The van der Waals surface area contributed by atoms with Gasteiger partial charge in [0.25, 0.3) is 0 Å². The zero-order valence-corrected chi connectivity index (χ0v) is 10.3. The van der Waals surface area contributed by atoms with E-state index in [0.717, 1.165) is 50.7 Å². The Bertz CT molecular complexity index is 398. The largest absolute Gasteiger partial charge is 0.440 e. The molecule has 0 amide bonds. The third-order valence-electron chi connectivity index (χ3n) is 4.17. The number of carbonyl (C=O) groups is 2. The molecule has 5 nitrogen and oxygen atoms in total. The smallest absolute Gasteiger partial charge is 0.350 e. The first-order valence-electron chi connectivity index (χ1n) is 6.60. The average Bonchev–Trinajstić information content (AvgIpc) is 2.65. The number of carbonyl (C=O) groups excluding carboxylic acids is 2. The minimum absolute atomic E-state index is 0.107. The van der Waals surface area contributed by atoms with E-state index >= 15 is 0 Å². The molecule has 0 aromatic heterocycles. The Morgan fingerprint density at radius 3 is 2.56 bits per heavy atom. The Labute approximate surface area is 106 Å². The second kappa shape index (κ2) is 4.39. The van der Waals surface area contributed by atoms with Gasteiger partial charge in [-0.25, -0.2) is 9.59 Å². The van der Waals surface area contributed by atoms with Gasteiger partial charge >= 0.3 is 11.9 Å². The Morgan fingerprint density at radius 2 is 1.78 bits per heavy atom. The van der Waals surface area contributed by atoms with Crippen molar-refractivity contribution in [1.82, 2.24) is 5.06 Å². The van der Waals surface area contributed by atoms with Crippen LogP contribution in [0, 0.1) is 0 Å². The summed E-state index contributed by atoms with van der Waals surface area (Å²) in [7, 11) is 0. The Hall–Kier alpha value is -1.36. The summed E-state index contributed by atoms with van der Waals surface area (Å²) in [4.78, 5) is 28.4. The maximum absolute atomic E-state index is 11.6. The number of fused-ring (bicyclic) bond motifs is 2. The summed E-state index contributed by atoms with van der Waals surface area (Å²) in [5.41, 5.74) is -0.107. The van der Waals surface area contributed by atoms with Crippen LogP contribution in [0.4, 0.5) is 0 Å². The Kier molecular flexibility index (Phi) is 2.86. The first-order valence-corrected chi connectivity index (χ1v) is 6.60. The molecule has 1 saturated heterocycles. The van der Waals surface area contributed by atoms with Crippen LogP contribution in [0.1, 0.15) is 44.9 Å². The van der Waals surface area contributed by atoms with Gasteiger partial charge in [0.05, 0.1) is 5.54 Å². The highest BCUT2D eigenvalue weighted by Crippen LogP contribution is 2.45. The molecule has 18 heavy (non-hydrogen) atoms. The molecule has 0 aromatic carbocycles. The van der Waals surface area contributed by atoms with Gasteiger partial charge < -0.3 is 9.57 Å². The van der Waals surface area contributed by atoms with Gasteiger partial charge in [0.2, 0.25) is 0 Å². The molecule has 0 bridgehead atoms. The molecule has 1 saturated carbocycles. The molecular weight excluding hydrogens is 234 g/mol. The van der Waals surface area contributed by atoms with E-state index in [-0.39, 0.29) is 5.54 Å². The predicted octanol–water partition coefficient (Wildman–Crippen LogP) is 1.68. The van der Waals surface area contributed by atoms with E-state index in [2.05, 4.69) is 0 Å². The van der Waals surface area contributed by atoms with Crippen LogP contribution in [0.15, 0.2) is 12.2 Å². The molecule has 1 unspecified atom stereocenters. The van der Waals surface area contributed by atoms with E-state index in [0.29, 0.717) is 0 Å². The van der Waals surface area contributed by atoms with Crippen LogP contribution in [0.25, 0.3) is 0 Å². The van der Waals surface area contributed by atoms with E-state index in [1.807, 2.05) is 0 Å². The molecule has 3 aliphatic rings. The van der Waals surface area contributed by atoms with E-state index in [4.69, 9.17) is 9.57 Å². The van der Waals surface area contributed by atoms with E-state index in [9.17, 15) is 9.59 Å². The predicted molar refractivity (Wildman–Crippen MR) is 62.0 cm³/mol. The van der Waals surface area contributed by atoms with Crippen LogP contribution >= 0.6 is 0 Å². The van der Waals surface area contributed by atoms with Crippen LogP contribution in [0.3, 0.4) is 0 Å². The van der Waals surface area contributed by atoms with Crippen molar-refractivity contribution in [3.05, 3.63) is 12.2 Å². The SMILES string of the molecule is O=C1/C=C/C(=O)ON2C(CCC23CCCCC3)O1. The van der Waals surface area contributed by atoms with Crippen LogP contribution in [0.2, 0.25) is 0 Å². The number of nitrogens with zero attached hydrogens (tertiary/aromatic N) is 1. The van der Waals surface area contributed by atoms with Crippen molar-refractivity contribution < 1.29 is 19.2 Å². The van der Waals surface area contributed by atoms with Crippen LogP contribution < -0.4 is 0 Å². The maximum atomic E-state index is 11.6. The first-order chi connectivity index (χ1) is 8.70.